The summed E-state index contributed by atoms with van der Waals surface area (Å²) in [7, 11) is 2.13. The Morgan fingerprint density at radius 2 is 2.18 bits per heavy atom. The average Bonchev–Trinajstić information content (AvgIpc) is 2.29. The van der Waals surface area contributed by atoms with Crippen LogP contribution in [0.3, 0.4) is 0 Å². The van der Waals surface area contributed by atoms with E-state index >= 15 is 0 Å². The minimum atomic E-state index is 0.689. The van der Waals surface area contributed by atoms with Crippen LogP contribution in [0.2, 0.25) is 0 Å². The average molecular weight is 235 g/mol. The Kier molecular flexibility index (Phi) is 5.98. The van der Waals surface area contributed by atoms with Gasteiger partial charge in [0.1, 0.15) is 0 Å². The van der Waals surface area contributed by atoms with Crippen molar-refractivity contribution < 1.29 is 0 Å². The van der Waals surface area contributed by atoms with Crippen molar-refractivity contribution in [2.45, 2.75) is 33.7 Å². The van der Waals surface area contributed by atoms with Crippen LogP contribution in [0.25, 0.3) is 0 Å². The second kappa shape index (κ2) is 7.28. The van der Waals surface area contributed by atoms with Gasteiger partial charge >= 0.3 is 0 Å². The van der Waals surface area contributed by atoms with Crippen molar-refractivity contribution in [3.8, 4) is 0 Å². The van der Waals surface area contributed by atoms with Crippen LogP contribution in [-0.2, 0) is 6.54 Å². The molecule has 3 nitrogen and oxygen atoms in total. The van der Waals surface area contributed by atoms with Crippen molar-refractivity contribution in [2.75, 3.05) is 25.0 Å². The second-order valence-corrected chi connectivity index (χ2v) is 4.95. The first-order valence-electron chi connectivity index (χ1n) is 6.49. The molecule has 0 saturated carbocycles. The third-order valence-electron chi connectivity index (χ3n) is 2.73. The van der Waals surface area contributed by atoms with Gasteiger partial charge in [0.15, 0.2) is 0 Å². The highest BCUT2D eigenvalue weighted by molar-refractivity contribution is 5.50. The molecule has 0 amide bonds. The van der Waals surface area contributed by atoms with E-state index in [9.17, 15) is 0 Å². The van der Waals surface area contributed by atoms with Gasteiger partial charge in [0.2, 0.25) is 0 Å². The molecule has 0 atom stereocenters. The third kappa shape index (κ3) is 4.73. The zero-order valence-corrected chi connectivity index (χ0v) is 11.5. The summed E-state index contributed by atoms with van der Waals surface area (Å²) in [6.45, 7) is 9.70. The van der Waals surface area contributed by atoms with Crippen molar-refractivity contribution >= 4 is 5.69 Å². The number of nitrogens with zero attached hydrogens (tertiary/aromatic N) is 2. The van der Waals surface area contributed by atoms with E-state index in [0.717, 1.165) is 26.1 Å². The Morgan fingerprint density at radius 3 is 2.82 bits per heavy atom. The first-order chi connectivity index (χ1) is 8.15. The standard InChI is InChI=1S/C14H25N3/c1-5-8-17(4)14-11-15-7-6-13(14)10-16-9-12(2)3/h6-7,11-12,16H,5,8-10H2,1-4H3. The van der Waals surface area contributed by atoms with Gasteiger partial charge in [0.25, 0.3) is 0 Å². The highest BCUT2D eigenvalue weighted by Gasteiger charge is 2.06. The normalized spacial score (nSPS) is 10.9. The van der Waals surface area contributed by atoms with E-state index in [1.54, 1.807) is 0 Å². The predicted molar refractivity (Wildman–Crippen MR) is 74.3 cm³/mol. The van der Waals surface area contributed by atoms with Crippen LogP contribution in [0.5, 0.6) is 0 Å². The number of hydrogen-bond donors (Lipinski definition) is 1. The molecular formula is C14H25N3. The van der Waals surface area contributed by atoms with Crippen molar-refractivity contribution in [3.63, 3.8) is 0 Å². The number of aromatic nitrogens is 1. The quantitative estimate of drug-likeness (QED) is 0.787. The van der Waals surface area contributed by atoms with Gasteiger partial charge in [-0.3, -0.25) is 4.98 Å². The third-order valence-corrected chi connectivity index (χ3v) is 2.73. The van der Waals surface area contributed by atoms with E-state index < -0.39 is 0 Å². The maximum absolute atomic E-state index is 4.22. The zero-order valence-electron chi connectivity index (χ0n) is 11.5. The highest BCUT2D eigenvalue weighted by atomic mass is 15.1. The fraction of sp³-hybridized carbons (Fsp3) is 0.643. The minimum absolute atomic E-state index is 0.689. The number of rotatable bonds is 7. The van der Waals surface area contributed by atoms with Crippen LogP contribution in [0.4, 0.5) is 5.69 Å². The fourth-order valence-corrected chi connectivity index (χ4v) is 1.86. The molecule has 1 heterocycles. The molecule has 0 aromatic carbocycles. The molecule has 0 fully saturated rings. The second-order valence-electron chi connectivity index (χ2n) is 4.95. The van der Waals surface area contributed by atoms with Gasteiger partial charge in [-0.1, -0.05) is 20.8 Å². The molecule has 0 bridgehead atoms. The molecule has 17 heavy (non-hydrogen) atoms. The van der Waals surface area contributed by atoms with E-state index in [4.69, 9.17) is 0 Å². The monoisotopic (exact) mass is 235 g/mol. The molecular weight excluding hydrogens is 210 g/mol. The summed E-state index contributed by atoms with van der Waals surface area (Å²) in [5, 5.41) is 3.48. The Labute approximate surface area is 105 Å². The van der Waals surface area contributed by atoms with Crippen LogP contribution < -0.4 is 10.2 Å². The lowest BCUT2D eigenvalue weighted by Crippen LogP contribution is -2.23. The molecule has 0 aliphatic carbocycles. The Bertz CT molecular complexity index is 323. The molecule has 0 saturated heterocycles. The maximum atomic E-state index is 4.22. The molecule has 1 aromatic rings. The van der Waals surface area contributed by atoms with Crippen molar-refractivity contribution in [2.24, 2.45) is 5.92 Å². The van der Waals surface area contributed by atoms with Gasteiger partial charge in [0, 0.05) is 26.3 Å². The van der Waals surface area contributed by atoms with Crippen LogP contribution in [0.1, 0.15) is 32.8 Å². The van der Waals surface area contributed by atoms with Gasteiger partial charge in [-0.2, -0.15) is 0 Å². The van der Waals surface area contributed by atoms with Gasteiger partial charge in [-0.15, -0.1) is 0 Å². The maximum Gasteiger partial charge on any atom is 0.0595 e. The van der Waals surface area contributed by atoms with Gasteiger partial charge < -0.3 is 10.2 Å². The van der Waals surface area contributed by atoms with Crippen LogP contribution in [0.15, 0.2) is 18.5 Å². The minimum Gasteiger partial charge on any atom is -0.373 e. The van der Waals surface area contributed by atoms with E-state index in [1.165, 1.54) is 11.3 Å². The summed E-state index contributed by atoms with van der Waals surface area (Å²) >= 11 is 0. The molecule has 1 aromatic heterocycles. The summed E-state index contributed by atoms with van der Waals surface area (Å²) in [5.74, 6) is 0.689. The summed E-state index contributed by atoms with van der Waals surface area (Å²) in [5.41, 5.74) is 2.57. The first-order valence-corrected chi connectivity index (χ1v) is 6.49. The van der Waals surface area contributed by atoms with E-state index in [1.807, 2.05) is 12.4 Å². The van der Waals surface area contributed by atoms with Crippen molar-refractivity contribution in [1.82, 2.24) is 10.3 Å². The molecule has 0 aliphatic heterocycles. The summed E-state index contributed by atoms with van der Waals surface area (Å²) in [4.78, 5) is 6.50. The topological polar surface area (TPSA) is 28.2 Å². The molecule has 0 aliphatic rings. The Balaban J connectivity index is 2.63. The molecule has 0 spiro atoms. The summed E-state index contributed by atoms with van der Waals surface area (Å²) in [6, 6.07) is 2.11. The molecule has 3 heteroatoms. The smallest absolute Gasteiger partial charge is 0.0595 e. The number of nitrogens with one attached hydrogen (secondary N) is 1. The molecule has 1 rings (SSSR count). The van der Waals surface area contributed by atoms with Crippen molar-refractivity contribution in [3.05, 3.63) is 24.0 Å². The van der Waals surface area contributed by atoms with Crippen LogP contribution in [-0.4, -0.2) is 25.1 Å². The summed E-state index contributed by atoms with van der Waals surface area (Å²) in [6.07, 6.45) is 4.99. The molecule has 96 valence electrons. The lowest BCUT2D eigenvalue weighted by atomic mass is 10.2. The Morgan fingerprint density at radius 1 is 1.41 bits per heavy atom. The zero-order chi connectivity index (χ0) is 12.7. The molecule has 1 N–H and O–H groups in total. The van der Waals surface area contributed by atoms with Gasteiger partial charge in [0.05, 0.1) is 11.9 Å². The Hall–Kier alpha value is -1.09. The highest BCUT2D eigenvalue weighted by Crippen LogP contribution is 2.17. The number of pyridine rings is 1. The van der Waals surface area contributed by atoms with Crippen LogP contribution in [0, 0.1) is 5.92 Å². The summed E-state index contributed by atoms with van der Waals surface area (Å²) < 4.78 is 0. The number of anilines is 1. The van der Waals surface area contributed by atoms with E-state index in [-0.39, 0.29) is 0 Å². The van der Waals surface area contributed by atoms with Gasteiger partial charge in [-0.05, 0) is 30.5 Å². The van der Waals surface area contributed by atoms with E-state index in [0.29, 0.717) is 5.92 Å². The first kappa shape index (κ1) is 14.0. The molecule has 0 unspecified atom stereocenters. The SMILES string of the molecule is CCCN(C)c1cnccc1CNCC(C)C. The predicted octanol–water partition coefficient (Wildman–Crippen LogP) is 2.67. The lowest BCUT2D eigenvalue weighted by Gasteiger charge is -2.21. The fourth-order valence-electron chi connectivity index (χ4n) is 1.86. The largest absolute Gasteiger partial charge is 0.373 e. The van der Waals surface area contributed by atoms with Gasteiger partial charge in [-0.25, -0.2) is 0 Å². The molecule has 0 radical (unpaired) electrons. The lowest BCUT2D eigenvalue weighted by molar-refractivity contribution is 0.552. The van der Waals surface area contributed by atoms with E-state index in [2.05, 4.69) is 49.1 Å². The van der Waals surface area contributed by atoms with Crippen LogP contribution >= 0.6 is 0 Å². The van der Waals surface area contributed by atoms with Crippen molar-refractivity contribution in [1.29, 1.82) is 0 Å². The number of hydrogen-bond acceptors (Lipinski definition) is 3.